The van der Waals surface area contributed by atoms with Crippen LogP contribution in [0.25, 0.3) is 0 Å². The molecule has 2 heteroatoms. The third-order valence-electron chi connectivity index (χ3n) is 1.94. The predicted molar refractivity (Wildman–Crippen MR) is 46.9 cm³/mol. The number of Topliss-reactive ketones (excluding diaryl/α,β-unsaturated/α-hetero) is 1. The molecule has 0 fully saturated rings. The van der Waals surface area contributed by atoms with E-state index in [1.807, 2.05) is 30.3 Å². The van der Waals surface area contributed by atoms with E-state index in [0.29, 0.717) is 0 Å². The summed E-state index contributed by atoms with van der Waals surface area (Å²) in [5.41, 5.74) is 0.955. The molecule has 0 saturated heterocycles. The van der Waals surface area contributed by atoms with Crippen molar-refractivity contribution in [3.8, 4) is 0 Å². The molecule has 0 bridgehead atoms. The van der Waals surface area contributed by atoms with Crippen molar-refractivity contribution in [3.05, 3.63) is 35.9 Å². The molecule has 0 aliphatic carbocycles. The van der Waals surface area contributed by atoms with E-state index in [1.54, 1.807) is 6.92 Å². The van der Waals surface area contributed by atoms with Crippen molar-refractivity contribution in [2.45, 2.75) is 12.8 Å². The van der Waals surface area contributed by atoms with E-state index in [9.17, 15) is 4.79 Å². The topological polar surface area (TPSA) is 37.3 Å². The second-order valence-electron chi connectivity index (χ2n) is 2.76. The number of benzene rings is 1. The van der Waals surface area contributed by atoms with E-state index in [-0.39, 0.29) is 18.3 Å². The summed E-state index contributed by atoms with van der Waals surface area (Å²) in [5, 5.41) is 8.62. The first kappa shape index (κ1) is 8.94. The number of aliphatic hydroxyl groups excluding tert-OH is 1. The molecular formula is C10H12O2. The van der Waals surface area contributed by atoms with Crippen LogP contribution in [-0.2, 0) is 4.79 Å². The fraction of sp³-hybridized carbons (Fsp3) is 0.300. The normalized spacial score (nSPS) is 12.5. The summed E-state index contributed by atoms with van der Waals surface area (Å²) in [6.45, 7) is 1.42. The van der Waals surface area contributed by atoms with Gasteiger partial charge in [0.15, 0.2) is 5.78 Å². The molecule has 0 heterocycles. The van der Waals surface area contributed by atoms with E-state index >= 15 is 0 Å². The highest BCUT2D eigenvalue weighted by Gasteiger charge is 2.12. The molecule has 0 aromatic heterocycles. The molecule has 0 unspecified atom stereocenters. The summed E-state index contributed by atoms with van der Waals surface area (Å²) in [7, 11) is 0. The number of carbonyl (C=O) groups is 1. The Hall–Kier alpha value is -1.15. The summed E-state index contributed by atoms with van der Waals surface area (Å²) in [5.74, 6) is -0.336. The maximum Gasteiger partial charge on any atom is 0.165 e. The molecule has 1 rings (SSSR count). The molecule has 1 aromatic rings. The zero-order valence-electron chi connectivity index (χ0n) is 7.03. The Morgan fingerprint density at radius 1 is 1.42 bits per heavy atom. The Morgan fingerprint density at radius 2 is 2.00 bits per heavy atom. The van der Waals surface area contributed by atoms with Gasteiger partial charge in [-0.3, -0.25) is 4.79 Å². The quantitative estimate of drug-likeness (QED) is 0.732. The van der Waals surface area contributed by atoms with Gasteiger partial charge in [-0.05, 0) is 5.56 Å². The Balaban J connectivity index is 2.78. The third-order valence-corrected chi connectivity index (χ3v) is 1.94. The van der Waals surface area contributed by atoms with Gasteiger partial charge in [0.2, 0.25) is 0 Å². The number of carbonyl (C=O) groups excluding carboxylic acids is 1. The highest BCUT2D eigenvalue weighted by molar-refractivity contribution is 5.86. The Kier molecular flexibility index (Phi) is 3.00. The fourth-order valence-electron chi connectivity index (χ4n) is 1.06. The largest absolute Gasteiger partial charge is 0.389 e. The molecule has 0 radical (unpaired) electrons. The van der Waals surface area contributed by atoms with E-state index < -0.39 is 0 Å². The summed E-state index contributed by atoms with van der Waals surface area (Å²) in [4.78, 5) is 11.1. The van der Waals surface area contributed by atoms with Gasteiger partial charge < -0.3 is 5.11 Å². The minimum Gasteiger partial charge on any atom is -0.389 e. The molecule has 0 aliphatic rings. The number of ketones is 1. The SMILES string of the molecule is C[C@H](C(=O)CO)c1ccccc1. The first-order chi connectivity index (χ1) is 5.75. The predicted octanol–water partition coefficient (Wildman–Crippen LogP) is 1.35. The Morgan fingerprint density at radius 3 is 2.50 bits per heavy atom. The maximum absolute atomic E-state index is 11.1. The zero-order valence-corrected chi connectivity index (χ0v) is 7.03. The Bertz CT molecular complexity index is 254. The molecule has 0 saturated carbocycles. The van der Waals surface area contributed by atoms with Crippen LogP contribution in [0, 0.1) is 0 Å². The van der Waals surface area contributed by atoms with Gasteiger partial charge in [0.1, 0.15) is 6.61 Å². The Labute approximate surface area is 71.8 Å². The molecule has 12 heavy (non-hydrogen) atoms. The second kappa shape index (κ2) is 4.02. The number of hydrogen-bond donors (Lipinski definition) is 1. The maximum atomic E-state index is 11.1. The molecule has 0 amide bonds. The van der Waals surface area contributed by atoms with E-state index in [1.165, 1.54) is 0 Å². The average Bonchev–Trinajstić information content (AvgIpc) is 2.17. The highest BCUT2D eigenvalue weighted by Crippen LogP contribution is 2.14. The molecule has 2 nitrogen and oxygen atoms in total. The third kappa shape index (κ3) is 1.92. The van der Waals surface area contributed by atoms with Gasteiger partial charge in [0.25, 0.3) is 0 Å². The number of rotatable bonds is 3. The van der Waals surface area contributed by atoms with Gasteiger partial charge in [0, 0.05) is 5.92 Å². The van der Waals surface area contributed by atoms with Gasteiger partial charge in [-0.15, -0.1) is 0 Å². The van der Waals surface area contributed by atoms with Crippen LogP contribution in [-0.4, -0.2) is 17.5 Å². The van der Waals surface area contributed by atoms with Gasteiger partial charge in [-0.1, -0.05) is 37.3 Å². The van der Waals surface area contributed by atoms with Crippen LogP contribution in [0.1, 0.15) is 18.4 Å². The molecule has 64 valence electrons. The minimum absolute atomic E-state index is 0.138. The molecule has 1 N–H and O–H groups in total. The van der Waals surface area contributed by atoms with Crippen LogP contribution in [0.2, 0.25) is 0 Å². The van der Waals surface area contributed by atoms with Gasteiger partial charge >= 0.3 is 0 Å². The number of aliphatic hydroxyl groups is 1. The van der Waals surface area contributed by atoms with E-state index in [0.717, 1.165) is 5.56 Å². The summed E-state index contributed by atoms with van der Waals surface area (Å²) in [6, 6.07) is 9.45. The van der Waals surface area contributed by atoms with Gasteiger partial charge in [-0.2, -0.15) is 0 Å². The van der Waals surface area contributed by atoms with Crippen LogP contribution in [0.5, 0.6) is 0 Å². The minimum atomic E-state index is -0.379. The summed E-state index contributed by atoms with van der Waals surface area (Å²) < 4.78 is 0. The summed E-state index contributed by atoms with van der Waals surface area (Å²) >= 11 is 0. The lowest BCUT2D eigenvalue weighted by atomic mass is 9.97. The lowest BCUT2D eigenvalue weighted by molar-refractivity contribution is -0.122. The number of hydrogen-bond acceptors (Lipinski definition) is 2. The van der Waals surface area contributed by atoms with Crippen LogP contribution in [0.4, 0.5) is 0 Å². The molecule has 0 spiro atoms. The fourth-order valence-corrected chi connectivity index (χ4v) is 1.06. The van der Waals surface area contributed by atoms with Gasteiger partial charge in [-0.25, -0.2) is 0 Å². The first-order valence-electron chi connectivity index (χ1n) is 3.94. The van der Waals surface area contributed by atoms with Crippen molar-refractivity contribution in [2.24, 2.45) is 0 Å². The van der Waals surface area contributed by atoms with Crippen LogP contribution >= 0.6 is 0 Å². The van der Waals surface area contributed by atoms with Crippen molar-refractivity contribution >= 4 is 5.78 Å². The van der Waals surface area contributed by atoms with Crippen molar-refractivity contribution in [1.29, 1.82) is 0 Å². The lowest BCUT2D eigenvalue weighted by Crippen LogP contribution is -2.12. The van der Waals surface area contributed by atoms with E-state index in [2.05, 4.69) is 0 Å². The van der Waals surface area contributed by atoms with Crippen LogP contribution in [0.15, 0.2) is 30.3 Å². The van der Waals surface area contributed by atoms with Crippen molar-refractivity contribution < 1.29 is 9.90 Å². The van der Waals surface area contributed by atoms with Crippen LogP contribution < -0.4 is 0 Å². The smallest absolute Gasteiger partial charge is 0.165 e. The molecular weight excluding hydrogens is 152 g/mol. The average molecular weight is 164 g/mol. The van der Waals surface area contributed by atoms with Crippen molar-refractivity contribution in [3.63, 3.8) is 0 Å². The van der Waals surface area contributed by atoms with E-state index in [4.69, 9.17) is 5.11 Å². The monoisotopic (exact) mass is 164 g/mol. The molecule has 1 atom stereocenters. The molecule has 0 aliphatic heterocycles. The lowest BCUT2D eigenvalue weighted by Gasteiger charge is -2.07. The molecule has 1 aromatic carbocycles. The first-order valence-corrected chi connectivity index (χ1v) is 3.94. The standard InChI is InChI=1S/C10H12O2/c1-8(10(12)7-11)9-5-3-2-4-6-9/h2-6,8,11H,7H2,1H3/t8-/m0/s1. The highest BCUT2D eigenvalue weighted by atomic mass is 16.3. The summed E-state index contributed by atoms with van der Waals surface area (Å²) in [6.07, 6.45) is 0. The van der Waals surface area contributed by atoms with Crippen molar-refractivity contribution in [2.75, 3.05) is 6.61 Å². The van der Waals surface area contributed by atoms with Gasteiger partial charge in [0.05, 0.1) is 0 Å². The van der Waals surface area contributed by atoms with Crippen LogP contribution in [0.3, 0.4) is 0 Å². The second-order valence-corrected chi connectivity index (χ2v) is 2.76. The van der Waals surface area contributed by atoms with Crippen molar-refractivity contribution in [1.82, 2.24) is 0 Å². The zero-order chi connectivity index (χ0) is 8.97.